The molecule has 0 spiro atoms. The van der Waals surface area contributed by atoms with Crippen molar-refractivity contribution in [3.63, 3.8) is 0 Å². The summed E-state index contributed by atoms with van der Waals surface area (Å²) in [7, 11) is 0. The molecule has 1 atom stereocenters. The topological polar surface area (TPSA) is 55.3 Å². The second-order valence-electron chi connectivity index (χ2n) is 6.85. The van der Waals surface area contributed by atoms with Crippen molar-refractivity contribution in [1.82, 2.24) is 14.9 Å². The van der Waals surface area contributed by atoms with E-state index in [9.17, 15) is 4.79 Å². The van der Waals surface area contributed by atoms with Gasteiger partial charge in [-0.2, -0.15) is 0 Å². The standard InChI is InChI=1S/C21H21N3O2/c1-13-6-7-17-9-18-12-24(11-16-5-4-8-22-10-16)21(25)15(3)26-20(18)23-19(17)14(13)2/h4-10,15H,11-12H2,1-3H3. The van der Waals surface area contributed by atoms with Crippen molar-refractivity contribution in [2.45, 2.75) is 40.0 Å². The molecule has 0 bridgehead atoms. The number of benzene rings is 1. The SMILES string of the molecule is Cc1ccc2cc3c(nc2c1C)OC(C)C(=O)N(Cc1cccnc1)C3. The number of ether oxygens (including phenoxy) is 1. The summed E-state index contributed by atoms with van der Waals surface area (Å²) in [5.74, 6) is 0.518. The first-order valence-electron chi connectivity index (χ1n) is 8.77. The molecule has 3 aromatic rings. The number of fused-ring (bicyclic) bond motifs is 2. The smallest absolute Gasteiger partial charge is 0.264 e. The van der Waals surface area contributed by atoms with Gasteiger partial charge in [0.1, 0.15) is 0 Å². The van der Waals surface area contributed by atoms with E-state index in [2.05, 4.69) is 37.0 Å². The van der Waals surface area contributed by atoms with Crippen molar-refractivity contribution in [1.29, 1.82) is 0 Å². The number of aryl methyl sites for hydroxylation is 2. The molecule has 0 aliphatic carbocycles. The Morgan fingerprint density at radius 3 is 2.88 bits per heavy atom. The van der Waals surface area contributed by atoms with E-state index in [-0.39, 0.29) is 5.91 Å². The monoisotopic (exact) mass is 347 g/mol. The van der Waals surface area contributed by atoms with E-state index < -0.39 is 6.10 Å². The molecule has 0 N–H and O–H groups in total. The molecule has 0 radical (unpaired) electrons. The Kier molecular flexibility index (Phi) is 4.07. The molecule has 0 saturated heterocycles. The number of pyridine rings is 2. The lowest BCUT2D eigenvalue weighted by atomic mass is 10.0. The van der Waals surface area contributed by atoms with E-state index in [1.165, 1.54) is 5.56 Å². The fraction of sp³-hybridized carbons (Fsp3) is 0.286. The Hall–Kier alpha value is -2.95. The zero-order valence-electron chi connectivity index (χ0n) is 15.2. The third-order valence-corrected chi connectivity index (χ3v) is 4.96. The van der Waals surface area contributed by atoms with E-state index in [1.54, 1.807) is 19.3 Å². The van der Waals surface area contributed by atoms with Crippen LogP contribution in [-0.2, 0) is 17.9 Å². The van der Waals surface area contributed by atoms with Gasteiger partial charge in [0, 0.05) is 29.9 Å². The first-order valence-corrected chi connectivity index (χ1v) is 8.77. The maximum absolute atomic E-state index is 12.8. The fourth-order valence-electron chi connectivity index (χ4n) is 3.33. The van der Waals surface area contributed by atoms with Gasteiger partial charge in [0.25, 0.3) is 5.91 Å². The highest BCUT2D eigenvalue weighted by Gasteiger charge is 2.29. The molecule has 2 aromatic heterocycles. The second-order valence-corrected chi connectivity index (χ2v) is 6.85. The van der Waals surface area contributed by atoms with Crippen LogP contribution in [0.3, 0.4) is 0 Å². The molecule has 1 aliphatic heterocycles. The van der Waals surface area contributed by atoms with Crippen LogP contribution in [0.15, 0.2) is 42.7 Å². The maximum atomic E-state index is 12.8. The fourth-order valence-corrected chi connectivity index (χ4v) is 3.33. The summed E-state index contributed by atoms with van der Waals surface area (Å²) >= 11 is 0. The predicted molar refractivity (Wildman–Crippen MR) is 99.8 cm³/mol. The molecular formula is C21H21N3O2. The van der Waals surface area contributed by atoms with Gasteiger partial charge in [-0.15, -0.1) is 0 Å². The average molecular weight is 347 g/mol. The zero-order valence-corrected chi connectivity index (χ0v) is 15.2. The summed E-state index contributed by atoms with van der Waals surface area (Å²) in [6.07, 6.45) is 2.95. The Morgan fingerprint density at radius 1 is 1.27 bits per heavy atom. The van der Waals surface area contributed by atoms with Crippen molar-refractivity contribution in [2.75, 3.05) is 0 Å². The molecule has 132 valence electrons. The Balaban J connectivity index is 1.76. The summed E-state index contributed by atoms with van der Waals surface area (Å²) in [5.41, 5.74) is 5.20. The summed E-state index contributed by atoms with van der Waals surface area (Å²) in [5, 5.41) is 1.07. The van der Waals surface area contributed by atoms with E-state index in [1.807, 2.05) is 17.0 Å². The van der Waals surface area contributed by atoms with Gasteiger partial charge < -0.3 is 9.64 Å². The molecule has 1 aliphatic rings. The number of hydrogen-bond donors (Lipinski definition) is 0. The normalized spacial score (nSPS) is 17.0. The third-order valence-electron chi connectivity index (χ3n) is 4.96. The van der Waals surface area contributed by atoms with Gasteiger partial charge in [-0.25, -0.2) is 4.98 Å². The van der Waals surface area contributed by atoms with E-state index >= 15 is 0 Å². The van der Waals surface area contributed by atoms with Crippen LogP contribution >= 0.6 is 0 Å². The molecule has 1 unspecified atom stereocenters. The van der Waals surface area contributed by atoms with Gasteiger partial charge in [0.15, 0.2) is 6.10 Å². The molecular weight excluding hydrogens is 326 g/mol. The van der Waals surface area contributed by atoms with Crippen LogP contribution in [0.4, 0.5) is 0 Å². The summed E-state index contributed by atoms with van der Waals surface area (Å²) in [6, 6.07) is 10.1. The highest BCUT2D eigenvalue weighted by molar-refractivity contribution is 5.86. The molecule has 0 saturated carbocycles. The Morgan fingerprint density at radius 2 is 2.12 bits per heavy atom. The minimum Gasteiger partial charge on any atom is -0.464 e. The quantitative estimate of drug-likeness (QED) is 0.711. The number of nitrogens with zero attached hydrogens (tertiary/aromatic N) is 3. The van der Waals surface area contributed by atoms with Crippen LogP contribution < -0.4 is 4.74 Å². The molecule has 0 fully saturated rings. The summed E-state index contributed by atoms with van der Waals surface area (Å²) in [6.45, 7) is 6.90. The summed E-state index contributed by atoms with van der Waals surface area (Å²) in [4.78, 5) is 23.5. The molecule has 5 nitrogen and oxygen atoms in total. The van der Waals surface area contributed by atoms with Gasteiger partial charge in [-0.1, -0.05) is 18.2 Å². The van der Waals surface area contributed by atoms with Crippen LogP contribution in [0.25, 0.3) is 10.9 Å². The summed E-state index contributed by atoms with van der Waals surface area (Å²) < 4.78 is 5.92. The number of carbonyl (C=O) groups excluding carboxylic acids is 1. The number of amides is 1. The van der Waals surface area contributed by atoms with Crippen LogP contribution in [0.1, 0.15) is 29.2 Å². The molecule has 5 heteroatoms. The number of aromatic nitrogens is 2. The molecule has 3 heterocycles. The van der Waals surface area contributed by atoms with Crippen LogP contribution in [0.2, 0.25) is 0 Å². The molecule has 1 aromatic carbocycles. The van der Waals surface area contributed by atoms with E-state index in [4.69, 9.17) is 9.72 Å². The Labute approximate surface area is 152 Å². The third kappa shape index (κ3) is 2.90. The van der Waals surface area contributed by atoms with E-state index in [0.29, 0.717) is 19.0 Å². The van der Waals surface area contributed by atoms with Crippen LogP contribution in [0, 0.1) is 13.8 Å². The van der Waals surface area contributed by atoms with Crippen LogP contribution in [0.5, 0.6) is 5.88 Å². The van der Waals surface area contributed by atoms with Crippen molar-refractivity contribution in [2.24, 2.45) is 0 Å². The van der Waals surface area contributed by atoms with Gasteiger partial charge in [-0.05, 0) is 49.6 Å². The van der Waals surface area contributed by atoms with Crippen molar-refractivity contribution in [3.8, 4) is 5.88 Å². The van der Waals surface area contributed by atoms with Gasteiger partial charge >= 0.3 is 0 Å². The lowest BCUT2D eigenvalue weighted by Gasteiger charge is -2.22. The second kappa shape index (κ2) is 6.41. The minimum absolute atomic E-state index is 0.0381. The van der Waals surface area contributed by atoms with Crippen LogP contribution in [-0.4, -0.2) is 26.9 Å². The predicted octanol–water partition coefficient (Wildman–Crippen LogP) is 3.56. The average Bonchev–Trinajstić information content (AvgIpc) is 2.75. The van der Waals surface area contributed by atoms with Gasteiger partial charge in [0.2, 0.25) is 5.88 Å². The first kappa shape index (κ1) is 16.5. The lowest BCUT2D eigenvalue weighted by Crippen LogP contribution is -2.37. The lowest BCUT2D eigenvalue weighted by molar-refractivity contribution is -0.138. The van der Waals surface area contributed by atoms with Gasteiger partial charge in [0.05, 0.1) is 12.1 Å². The molecule has 4 rings (SSSR count). The maximum Gasteiger partial charge on any atom is 0.264 e. The van der Waals surface area contributed by atoms with Crippen molar-refractivity contribution in [3.05, 3.63) is 65.0 Å². The highest BCUT2D eigenvalue weighted by Crippen LogP contribution is 2.30. The largest absolute Gasteiger partial charge is 0.464 e. The van der Waals surface area contributed by atoms with Gasteiger partial charge in [-0.3, -0.25) is 9.78 Å². The molecule has 1 amide bonds. The number of hydrogen-bond acceptors (Lipinski definition) is 4. The molecule has 26 heavy (non-hydrogen) atoms. The van der Waals surface area contributed by atoms with E-state index in [0.717, 1.165) is 27.6 Å². The highest BCUT2D eigenvalue weighted by atomic mass is 16.5. The Bertz CT molecular complexity index is 985. The van der Waals surface area contributed by atoms with Crippen molar-refractivity contribution < 1.29 is 9.53 Å². The number of carbonyl (C=O) groups is 1. The first-order chi connectivity index (χ1) is 12.5. The minimum atomic E-state index is -0.567. The van der Waals surface area contributed by atoms with Crippen molar-refractivity contribution >= 4 is 16.8 Å². The number of rotatable bonds is 2. The zero-order chi connectivity index (χ0) is 18.3.